The van der Waals surface area contributed by atoms with E-state index in [-0.39, 0.29) is 12.3 Å². The van der Waals surface area contributed by atoms with Crippen molar-refractivity contribution in [3.8, 4) is 11.5 Å². The van der Waals surface area contributed by atoms with Gasteiger partial charge in [-0.15, -0.1) is 11.3 Å². The van der Waals surface area contributed by atoms with Crippen LogP contribution in [0.15, 0.2) is 46.4 Å². The van der Waals surface area contributed by atoms with E-state index in [0.717, 1.165) is 12.2 Å². The maximum atomic E-state index is 12.2. The fourth-order valence-corrected chi connectivity index (χ4v) is 3.08. The molecule has 0 aliphatic carbocycles. The minimum atomic E-state index is -0.434. The minimum Gasteiger partial charge on any atom is -0.494 e. The van der Waals surface area contributed by atoms with E-state index in [0.29, 0.717) is 34.5 Å². The van der Waals surface area contributed by atoms with Crippen molar-refractivity contribution < 1.29 is 23.5 Å². The molecule has 0 radical (unpaired) electrons. The summed E-state index contributed by atoms with van der Waals surface area (Å²) < 4.78 is 15.9. The quantitative estimate of drug-likeness (QED) is 0.449. The number of nitrogens with one attached hydrogen (secondary N) is 1. The van der Waals surface area contributed by atoms with Crippen LogP contribution in [0.1, 0.15) is 35.2 Å². The van der Waals surface area contributed by atoms with Crippen LogP contribution in [0.25, 0.3) is 0 Å². The first-order valence-corrected chi connectivity index (χ1v) is 9.66. The number of hydrogen-bond acceptors (Lipinski definition) is 7. The van der Waals surface area contributed by atoms with Gasteiger partial charge in [-0.25, -0.2) is 4.98 Å². The molecule has 7 nitrogen and oxygen atoms in total. The minimum absolute atomic E-state index is 0.00515. The summed E-state index contributed by atoms with van der Waals surface area (Å²) in [4.78, 5) is 28.5. The summed E-state index contributed by atoms with van der Waals surface area (Å²) >= 11 is 1.24. The highest BCUT2D eigenvalue weighted by molar-refractivity contribution is 7.14. The second kappa shape index (κ2) is 9.18. The normalized spacial score (nSPS) is 10.5. The Morgan fingerprint density at radius 1 is 1.18 bits per heavy atom. The van der Waals surface area contributed by atoms with Gasteiger partial charge in [-0.2, -0.15) is 0 Å². The molecule has 2 heterocycles. The third-order valence-electron chi connectivity index (χ3n) is 3.73. The van der Waals surface area contributed by atoms with E-state index in [1.807, 2.05) is 6.92 Å². The van der Waals surface area contributed by atoms with E-state index in [1.54, 1.807) is 42.6 Å². The zero-order valence-electron chi connectivity index (χ0n) is 15.6. The van der Waals surface area contributed by atoms with Crippen LogP contribution in [0.3, 0.4) is 0 Å². The van der Waals surface area contributed by atoms with Gasteiger partial charge in [0.25, 0.3) is 5.91 Å². The molecule has 0 fully saturated rings. The standard InChI is InChI=1S/C20H20N2O5S/c1-3-9-26-15-4-6-16(7-5-15)27-18(23)11-14-12-28-20(21-14)22-19(24)17-8-10-25-13(17)2/h4-8,10,12H,3,9,11H2,1-2H3,(H,21,22,24). The Hall–Kier alpha value is -3.13. The van der Waals surface area contributed by atoms with Gasteiger partial charge in [-0.3, -0.25) is 14.9 Å². The lowest BCUT2D eigenvalue weighted by Crippen LogP contribution is -2.13. The van der Waals surface area contributed by atoms with Crippen molar-refractivity contribution in [2.24, 2.45) is 0 Å². The van der Waals surface area contributed by atoms with Gasteiger partial charge in [0.15, 0.2) is 5.13 Å². The lowest BCUT2D eigenvalue weighted by molar-refractivity contribution is -0.133. The number of amides is 1. The maximum absolute atomic E-state index is 12.2. The number of aromatic nitrogens is 1. The summed E-state index contributed by atoms with van der Waals surface area (Å²) in [5.41, 5.74) is 0.972. The van der Waals surface area contributed by atoms with Gasteiger partial charge in [0.05, 0.1) is 30.5 Å². The number of carbonyl (C=O) groups is 2. The molecule has 0 spiro atoms. The Morgan fingerprint density at radius 3 is 2.61 bits per heavy atom. The molecule has 0 saturated heterocycles. The molecule has 1 N–H and O–H groups in total. The smallest absolute Gasteiger partial charge is 0.317 e. The highest BCUT2D eigenvalue weighted by Crippen LogP contribution is 2.20. The van der Waals surface area contributed by atoms with E-state index >= 15 is 0 Å². The van der Waals surface area contributed by atoms with Crippen molar-refractivity contribution in [2.75, 3.05) is 11.9 Å². The van der Waals surface area contributed by atoms with Crippen molar-refractivity contribution in [1.82, 2.24) is 4.98 Å². The number of rotatable bonds is 8. The highest BCUT2D eigenvalue weighted by Gasteiger charge is 2.15. The van der Waals surface area contributed by atoms with Crippen LogP contribution in [-0.2, 0) is 11.2 Å². The fraction of sp³-hybridized carbons (Fsp3) is 0.250. The summed E-state index contributed by atoms with van der Waals surface area (Å²) in [5.74, 6) is 0.961. The first-order chi connectivity index (χ1) is 13.5. The summed E-state index contributed by atoms with van der Waals surface area (Å²) in [7, 11) is 0. The number of thiazole rings is 1. The van der Waals surface area contributed by atoms with E-state index in [2.05, 4.69) is 10.3 Å². The Balaban J connectivity index is 1.52. The predicted molar refractivity (Wildman–Crippen MR) is 105 cm³/mol. The van der Waals surface area contributed by atoms with Gasteiger partial charge >= 0.3 is 5.97 Å². The van der Waals surface area contributed by atoms with Crippen molar-refractivity contribution in [1.29, 1.82) is 0 Å². The van der Waals surface area contributed by atoms with Crippen LogP contribution >= 0.6 is 11.3 Å². The molecule has 0 unspecified atom stereocenters. The Morgan fingerprint density at radius 2 is 1.93 bits per heavy atom. The van der Waals surface area contributed by atoms with Crippen molar-refractivity contribution in [3.63, 3.8) is 0 Å². The number of carbonyl (C=O) groups excluding carboxylic acids is 2. The third-order valence-corrected chi connectivity index (χ3v) is 4.54. The first-order valence-electron chi connectivity index (χ1n) is 8.78. The molecule has 2 aromatic heterocycles. The first kappa shape index (κ1) is 19.6. The van der Waals surface area contributed by atoms with E-state index in [9.17, 15) is 9.59 Å². The molecule has 8 heteroatoms. The van der Waals surface area contributed by atoms with Gasteiger partial charge in [0.1, 0.15) is 17.3 Å². The summed E-state index contributed by atoms with van der Waals surface area (Å²) in [6, 6.07) is 8.47. The van der Waals surface area contributed by atoms with Crippen LogP contribution in [0.4, 0.5) is 5.13 Å². The molecule has 1 aromatic carbocycles. The SMILES string of the molecule is CCCOc1ccc(OC(=O)Cc2csc(NC(=O)c3ccoc3C)n2)cc1. The van der Waals surface area contributed by atoms with Crippen molar-refractivity contribution >= 4 is 28.3 Å². The van der Waals surface area contributed by atoms with Crippen molar-refractivity contribution in [3.05, 3.63) is 59.0 Å². The number of ether oxygens (including phenoxy) is 2. The van der Waals surface area contributed by atoms with Gasteiger partial charge in [0.2, 0.25) is 0 Å². The van der Waals surface area contributed by atoms with Crippen LogP contribution in [-0.4, -0.2) is 23.5 Å². The number of anilines is 1. The summed E-state index contributed by atoms with van der Waals surface area (Å²) in [6.07, 6.45) is 2.38. The second-order valence-electron chi connectivity index (χ2n) is 5.96. The molecule has 0 aliphatic heterocycles. The van der Waals surface area contributed by atoms with Crippen LogP contribution in [0, 0.1) is 6.92 Å². The lowest BCUT2D eigenvalue weighted by atomic mass is 10.2. The predicted octanol–water partition coefficient (Wildman–Crippen LogP) is 4.23. The molecule has 0 aliphatic rings. The van der Waals surface area contributed by atoms with Gasteiger partial charge in [0, 0.05) is 5.38 Å². The summed E-state index contributed by atoms with van der Waals surface area (Å²) in [5, 5.41) is 4.81. The molecule has 3 rings (SSSR count). The molecular formula is C20H20N2O5S. The van der Waals surface area contributed by atoms with Crippen LogP contribution in [0.5, 0.6) is 11.5 Å². The molecule has 0 saturated carbocycles. The van der Waals surface area contributed by atoms with Gasteiger partial charge in [-0.05, 0) is 43.7 Å². The third kappa shape index (κ3) is 5.20. The number of aryl methyl sites for hydroxylation is 1. The monoisotopic (exact) mass is 400 g/mol. The average Bonchev–Trinajstić information content (AvgIpc) is 3.29. The highest BCUT2D eigenvalue weighted by atomic mass is 32.1. The Bertz CT molecular complexity index is 946. The zero-order chi connectivity index (χ0) is 19.9. The molecule has 1 amide bonds. The molecule has 28 heavy (non-hydrogen) atoms. The molecular weight excluding hydrogens is 380 g/mol. The second-order valence-corrected chi connectivity index (χ2v) is 6.82. The van der Waals surface area contributed by atoms with Crippen molar-refractivity contribution in [2.45, 2.75) is 26.7 Å². The van der Waals surface area contributed by atoms with Gasteiger partial charge in [-0.1, -0.05) is 6.92 Å². The molecule has 3 aromatic rings. The topological polar surface area (TPSA) is 90.7 Å². The maximum Gasteiger partial charge on any atom is 0.317 e. The Labute approximate surface area is 166 Å². The Kier molecular flexibility index (Phi) is 6.44. The number of esters is 1. The largest absolute Gasteiger partial charge is 0.494 e. The number of hydrogen-bond donors (Lipinski definition) is 1. The average molecular weight is 400 g/mol. The number of furan rings is 1. The fourth-order valence-electron chi connectivity index (χ4n) is 2.37. The van der Waals surface area contributed by atoms with E-state index in [4.69, 9.17) is 13.9 Å². The lowest BCUT2D eigenvalue weighted by Gasteiger charge is -2.06. The number of nitrogens with zero attached hydrogens (tertiary/aromatic N) is 1. The van der Waals surface area contributed by atoms with Gasteiger partial charge < -0.3 is 13.9 Å². The van der Waals surface area contributed by atoms with E-state index in [1.165, 1.54) is 17.6 Å². The summed E-state index contributed by atoms with van der Waals surface area (Å²) in [6.45, 7) is 4.38. The number of benzene rings is 1. The molecule has 0 atom stereocenters. The molecule has 0 bridgehead atoms. The molecule has 146 valence electrons. The van der Waals surface area contributed by atoms with E-state index < -0.39 is 5.97 Å². The van der Waals surface area contributed by atoms with Crippen LogP contribution in [0.2, 0.25) is 0 Å². The zero-order valence-corrected chi connectivity index (χ0v) is 16.4. The van der Waals surface area contributed by atoms with Crippen LogP contribution < -0.4 is 14.8 Å².